The van der Waals surface area contributed by atoms with Crippen molar-refractivity contribution in [1.29, 1.82) is 0 Å². The number of benzene rings is 1. The highest BCUT2D eigenvalue weighted by Crippen LogP contribution is 2.22. The molecule has 1 N–H and O–H groups in total. The first-order chi connectivity index (χ1) is 7.00. The second-order valence-corrected chi connectivity index (χ2v) is 5.80. The number of aliphatic hydroxyl groups excluding tert-OH is 1. The molecule has 1 aromatic rings. The molecule has 0 amide bonds. The third-order valence-electron chi connectivity index (χ3n) is 2.28. The van der Waals surface area contributed by atoms with Crippen LogP contribution in [0.2, 0.25) is 5.02 Å². The van der Waals surface area contributed by atoms with Crippen LogP contribution in [0.25, 0.3) is 0 Å². The minimum atomic E-state index is -3.44. The Hall–Kier alpha value is -0.620. The van der Waals surface area contributed by atoms with Crippen molar-refractivity contribution < 1.29 is 13.5 Å². The minimum absolute atomic E-state index is 0.172. The van der Waals surface area contributed by atoms with Gasteiger partial charge in [0.25, 0.3) is 0 Å². The summed E-state index contributed by atoms with van der Waals surface area (Å²) >= 11 is 5.66. The van der Waals surface area contributed by atoms with E-state index in [2.05, 4.69) is 0 Å². The zero-order chi connectivity index (χ0) is 11.1. The molecule has 1 fully saturated rings. The molecule has 1 aliphatic heterocycles. The Labute approximate surface area is 93.1 Å². The van der Waals surface area contributed by atoms with Crippen molar-refractivity contribution in [3.05, 3.63) is 29.3 Å². The molecule has 82 valence electrons. The van der Waals surface area contributed by atoms with Gasteiger partial charge in [-0.2, -0.15) is 4.31 Å². The van der Waals surface area contributed by atoms with Crippen LogP contribution in [0.4, 0.5) is 0 Å². The number of β-amino-alcohol motifs (C(OH)–C–C–N with tert-alkyl or cyclic N) is 1. The molecule has 1 aromatic carbocycles. The Kier molecular flexibility index (Phi) is 2.72. The Morgan fingerprint density at radius 2 is 1.80 bits per heavy atom. The lowest BCUT2D eigenvalue weighted by molar-refractivity contribution is 0.0548. The van der Waals surface area contributed by atoms with Gasteiger partial charge in [0.1, 0.15) is 0 Å². The SMILES string of the molecule is O=S(=O)(c1ccc(Cl)cc1)N1CC(O)C1. The second kappa shape index (κ2) is 3.75. The number of hydrogen-bond donors (Lipinski definition) is 1. The quantitative estimate of drug-likeness (QED) is 0.837. The number of hydrogen-bond acceptors (Lipinski definition) is 3. The highest BCUT2D eigenvalue weighted by atomic mass is 35.5. The van der Waals surface area contributed by atoms with Gasteiger partial charge in [0, 0.05) is 18.1 Å². The van der Waals surface area contributed by atoms with E-state index in [4.69, 9.17) is 16.7 Å². The molecular formula is C9H10ClNO3S. The largest absolute Gasteiger partial charge is 0.390 e. The van der Waals surface area contributed by atoms with Crippen molar-refractivity contribution in [2.45, 2.75) is 11.0 Å². The average molecular weight is 248 g/mol. The Bertz CT molecular complexity index is 451. The standard InChI is InChI=1S/C9H10ClNO3S/c10-7-1-3-9(4-2-7)15(13,14)11-5-8(12)6-11/h1-4,8,12H,5-6H2. The molecule has 1 heterocycles. The average Bonchev–Trinajstić information content (AvgIpc) is 2.13. The molecule has 0 aromatic heterocycles. The maximum absolute atomic E-state index is 11.8. The maximum Gasteiger partial charge on any atom is 0.243 e. The van der Waals surface area contributed by atoms with E-state index < -0.39 is 16.1 Å². The topological polar surface area (TPSA) is 57.6 Å². The summed E-state index contributed by atoms with van der Waals surface area (Å²) in [6.07, 6.45) is -0.535. The molecule has 4 nitrogen and oxygen atoms in total. The lowest BCUT2D eigenvalue weighted by Crippen LogP contribution is -2.53. The summed E-state index contributed by atoms with van der Waals surface area (Å²) in [5, 5.41) is 9.54. The van der Waals surface area contributed by atoms with Crippen LogP contribution in [0.5, 0.6) is 0 Å². The monoisotopic (exact) mass is 247 g/mol. The maximum atomic E-state index is 11.8. The van der Waals surface area contributed by atoms with Gasteiger partial charge in [-0.25, -0.2) is 8.42 Å². The molecule has 0 aliphatic carbocycles. The molecular weight excluding hydrogens is 238 g/mol. The molecule has 0 unspecified atom stereocenters. The van der Waals surface area contributed by atoms with Crippen molar-refractivity contribution in [1.82, 2.24) is 4.31 Å². The number of nitrogens with zero attached hydrogens (tertiary/aromatic N) is 1. The summed E-state index contributed by atoms with van der Waals surface area (Å²) in [5.41, 5.74) is 0. The minimum Gasteiger partial charge on any atom is -0.390 e. The van der Waals surface area contributed by atoms with E-state index in [1.807, 2.05) is 0 Å². The number of rotatable bonds is 2. The van der Waals surface area contributed by atoms with Crippen molar-refractivity contribution >= 4 is 21.6 Å². The number of sulfonamides is 1. The lowest BCUT2D eigenvalue weighted by atomic mass is 10.2. The van der Waals surface area contributed by atoms with Crippen LogP contribution in [0.1, 0.15) is 0 Å². The van der Waals surface area contributed by atoms with Crippen LogP contribution in [-0.2, 0) is 10.0 Å². The van der Waals surface area contributed by atoms with Crippen LogP contribution in [0.3, 0.4) is 0 Å². The molecule has 1 aliphatic rings. The summed E-state index contributed by atoms with van der Waals surface area (Å²) in [6.45, 7) is 0.343. The first-order valence-electron chi connectivity index (χ1n) is 4.44. The van der Waals surface area contributed by atoms with E-state index in [-0.39, 0.29) is 18.0 Å². The Balaban J connectivity index is 2.26. The van der Waals surface area contributed by atoms with E-state index in [0.29, 0.717) is 5.02 Å². The van der Waals surface area contributed by atoms with Crippen LogP contribution in [0, 0.1) is 0 Å². The van der Waals surface area contributed by atoms with Crippen LogP contribution in [0.15, 0.2) is 29.2 Å². The Morgan fingerprint density at radius 3 is 2.27 bits per heavy atom. The van der Waals surface area contributed by atoms with Gasteiger partial charge in [-0.1, -0.05) is 11.6 Å². The van der Waals surface area contributed by atoms with Crippen molar-refractivity contribution in [2.75, 3.05) is 13.1 Å². The zero-order valence-electron chi connectivity index (χ0n) is 7.80. The van der Waals surface area contributed by atoms with Gasteiger partial charge in [-0.15, -0.1) is 0 Å². The van der Waals surface area contributed by atoms with Crippen LogP contribution in [-0.4, -0.2) is 37.0 Å². The van der Waals surface area contributed by atoms with E-state index in [0.717, 1.165) is 0 Å². The predicted octanol–water partition coefficient (Wildman–Crippen LogP) is 0.705. The van der Waals surface area contributed by atoms with Gasteiger partial charge >= 0.3 is 0 Å². The Morgan fingerprint density at radius 1 is 1.27 bits per heavy atom. The first kappa shape index (κ1) is 10.9. The van der Waals surface area contributed by atoms with E-state index in [1.165, 1.54) is 28.6 Å². The summed E-state index contributed by atoms with van der Waals surface area (Å²) in [5.74, 6) is 0. The zero-order valence-corrected chi connectivity index (χ0v) is 9.37. The van der Waals surface area contributed by atoms with Gasteiger partial charge in [-0.3, -0.25) is 0 Å². The highest BCUT2D eigenvalue weighted by Gasteiger charge is 2.35. The van der Waals surface area contributed by atoms with Gasteiger partial charge in [-0.05, 0) is 24.3 Å². The summed E-state index contributed by atoms with van der Waals surface area (Å²) in [6, 6.07) is 5.99. The number of halogens is 1. The molecule has 0 radical (unpaired) electrons. The van der Waals surface area contributed by atoms with Crippen molar-refractivity contribution in [3.8, 4) is 0 Å². The van der Waals surface area contributed by atoms with Crippen molar-refractivity contribution in [2.24, 2.45) is 0 Å². The van der Waals surface area contributed by atoms with Gasteiger partial charge in [0.15, 0.2) is 0 Å². The third kappa shape index (κ3) is 2.01. The fourth-order valence-corrected chi connectivity index (χ4v) is 3.01. The second-order valence-electron chi connectivity index (χ2n) is 3.43. The normalized spacial score (nSPS) is 18.8. The number of aliphatic hydroxyl groups is 1. The van der Waals surface area contributed by atoms with Gasteiger partial charge < -0.3 is 5.11 Å². The molecule has 0 saturated carbocycles. The van der Waals surface area contributed by atoms with Gasteiger partial charge in [0.2, 0.25) is 10.0 Å². The molecule has 0 bridgehead atoms. The fraction of sp³-hybridized carbons (Fsp3) is 0.333. The third-order valence-corrected chi connectivity index (χ3v) is 4.38. The molecule has 15 heavy (non-hydrogen) atoms. The summed E-state index contributed by atoms with van der Waals surface area (Å²) < 4.78 is 24.9. The molecule has 0 atom stereocenters. The highest BCUT2D eigenvalue weighted by molar-refractivity contribution is 7.89. The summed E-state index contributed by atoms with van der Waals surface area (Å²) in [7, 11) is -3.44. The van der Waals surface area contributed by atoms with Crippen molar-refractivity contribution in [3.63, 3.8) is 0 Å². The van der Waals surface area contributed by atoms with Crippen LogP contribution < -0.4 is 0 Å². The van der Waals surface area contributed by atoms with Crippen LogP contribution >= 0.6 is 11.6 Å². The molecule has 1 saturated heterocycles. The summed E-state index contributed by atoms with van der Waals surface area (Å²) in [4.78, 5) is 0.207. The predicted molar refractivity (Wildman–Crippen MR) is 56.2 cm³/mol. The van der Waals surface area contributed by atoms with Gasteiger partial charge in [0.05, 0.1) is 11.0 Å². The van der Waals surface area contributed by atoms with E-state index in [1.54, 1.807) is 0 Å². The molecule has 6 heteroatoms. The molecule has 0 spiro atoms. The fourth-order valence-electron chi connectivity index (χ4n) is 1.37. The smallest absolute Gasteiger partial charge is 0.243 e. The molecule has 2 rings (SSSR count). The lowest BCUT2D eigenvalue weighted by Gasteiger charge is -2.34. The van der Waals surface area contributed by atoms with E-state index >= 15 is 0 Å². The van der Waals surface area contributed by atoms with E-state index in [9.17, 15) is 8.42 Å². The first-order valence-corrected chi connectivity index (χ1v) is 6.26.